The molecule has 118 valence electrons. The summed E-state index contributed by atoms with van der Waals surface area (Å²) in [7, 11) is 1.64. The third-order valence-electron chi connectivity index (χ3n) is 3.80. The number of carbonyl (C=O) groups excluding carboxylic acids is 2. The number of imide groups is 1. The Morgan fingerprint density at radius 2 is 2.00 bits per heavy atom. The van der Waals surface area contributed by atoms with E-state index in [1.807, 2.05) is 30.3 Å². The van der Waals surface area contributed by atoms with Crippen molar-refractivity contribution in [3.05, 3.63) is 54.9 Å². The van der Waals surface area contributed by atoms with E-state index in [-0.39, 0.29) is 11.9 Å². The fourth-order valence-electron chi connectivity index (χ4n) is 2.69. The fraction of sp³-hybridized carbons (Fsp3) is 0.250. The number of aryl methyl sites for hydroxylation is 1. The molecule has 7 heteroatoms. The van der Waals surface area contributed by atoms with Crippen molar-refractivity contribution in [2.75, 3.05) is 11.4 Å². The van der Waals surface area contributed by atoms with Gasteiger partial charge in [-0.3, -0.25) is 4.79 Å². The lowest BCUT2D eigenvalue weighted by Crippen LogP contribution is -2.36. The van der Waals surface area contributed by atoms with Gasteiger partial charge in [0.2, 0.25) is 5.95 Å². The third-order valence-corrected chi connectivity index (χ3v) is 3.80. The summed E-state index contributed by atoms with van der Waals surface area (Å²) in [6.45, 7) is 3.98. The number of hydrogen-bond donors (Lipinski definition) is 0. The average Bonchev–Trinajstić information content (AvgIpc) is 3.05. The van der Waals surface area contributed by atoms with E-state index in [2.05, 4.69) is 16.7 Å². The zero-order valence-corrected chi connectivity index (χ0v) is 12.8. The normalized spacial score (nSPS) is 17.9. The monoisotopic (exact) mass is 311 g/mol. The Kier molecular flexibility index (Phi) is 3.92. The smallest absolute Gasteiger partial charge is 0.308 e. The Balaban J connectivity index is 1.94. The van der Waals surface area contributed by atoms with Crippen LogP contribution in [0.2, 0.25) is 0 Å². The van der Waals surface area contributed by atoms with Crippen LogP contribution in [0.4, 0.5) is 10.7 Å². The Hall–Kier alpha value is -2.96. The molecule has 1 saturated heterocycles. The third kappa shape index (κ3) is 2.61. The van der Waals surface area contributed by atoms with E-state index in [0.717, 1.165) is 10.5 Å². The molecule has 2 heterocycles. The van der Waals surface area contributed by atoms with Crippen LogP contribution in [-0.4, -0.2) is 44.2 Å². The highest BCUT2D eigenvalue weighted by Crippen LogP contribution is 2.25. The number of nitrogens with zero attached hydrogens (tertiary/aromatic N) is 5. The van der Waals surface area contributed by atoms with Crippen molar-refractivity contribution in [3.8, 4) is 0 Å². The van der Waals surface area contributed by atoms with Crippen molar-refractivity contribution >= 4 is 17.9 Å². The number of amides is 3. The maximum absolute atomic E-state index is 12.8. The van der Waals surface area contributed by atoms with Crippen LogP contribution in [0.15, 0.2) is 49.3 Å². The van der Waals surface area contributed by atoms with Crippen LogP contribution in [0, 0.1) is 0 Å². The first kappa shape index (κ1) is 15.0. The molecule has 23 heavy (non-hydrogen) atoms. The van der Waals surface area contributed by atoms with Crippen molar-refractivity contribution in [1.29, 1.82) is 0 Å². The molecule has 0 N–H and O–H groups in total. The summed E-state index contributed by atoms with van der Waals surface area (Å²) in [5.74, 6) is -0.0681. The molecule has 3 rings (SSSR count). The number of rotatable bonds is 5. The molecule has 1 aromatic carbocycles. The van der Waals surface area contributed by atoms with Gasteiger partial charge in [-0.2, -0.15) is 15.0 Å². The first-order valence-corrected chi connectivity index (χ1v) is 7.27. The minimum atomic E-state index is -0.570. The fourth-order valence-corrected chi connectivity index (χ4v) is 2.69. The molecular formula is C16H17N5O2. The molecule has 3 amide bonds. The van der Waals surface area contributed by atoms with Gasteiger partial charge in [-0.1, -0.05) is 36.4 Å². The van der Waals surface area contributed by atoms with Gasteiger partial charge in [0.25, 0.3) is 5.91 Å². The van der Waals surface area contributed by atoms with Gasteiger partial charge in [0.05, 0.1) is 0 Å². The first-order chi connectivity index (χ1) is 11.1. The van der Waals surface area contributed by atoms with Gasteiger partial charge in [0, 0.05) is 20.0 Å². The molecule has 1 aliphatic rings. The summed E-state index contributed by atoms with van der Waals surface area (Å²) in [6, 6.07) is 8.65. The Bertz CT molecular complexity index is 740. The quantitative estimate of drug-likeness (QED) is 0.618. The van der Waals surface area contributed by atoms with E-state index in [4.69, 9.17) is 0 Å². The van der Waals surface area contributed by atoms with Crippen LogP contribution in [0.25, 0.3) is 0 Å². The van der Waals surface area contributed by atoms with E-state index in [1.54, 1.807) is 13.1 Å². The standard InChI is InChI=1S/C16H17N5O2/c1-3-9-20-13(10-12-7-5-4-6-8-12)14(22)21(16(20)23)15-17-11-18-19(15)2/h3-8,11,13H,1,9-10H2,2H3. The second-order valence-electron chi connectivity index (χ2n) is 5.29. The maximum atomic E-state index is 12.8. The van der Waals surface area contributed by atoms with Gasteiger partial charge in [-0.25, -0.2) is 9.48 Å². The van der Waals surface area contributed by atoms with Crippen LogP contribution in [0.1, 0.15) is 5.56 Å². The van der Waals surface area contributed by atoms with Crippen molar-refractivity contribution in [1.82, 2.24) is 19.7 Å². The maximum Gasteiger partial charge on any atom is 0.334 e. The molecule has 1 fully saturated rings. The molecule has 0 spiro atoms. The average molecular weight is 311 g/mol. The van der Waals surface area contributed by atoms with Crippen LogP contribution < -0.4 is 4.90 Å². The summed E-state index contributed by atoms with van der Waals surface area (Å²) in [4.78, 5) is 32.1. The minimum absolute atomic E-state index is 0.227. The molecule has 1 aliphatic heterocycles. The van der Waals surface area contributed by atoms with Crippen molar-refractivity contribution in [2.24, 2.45) is 7.05 Å². The largest absolute Gasteiger partial charge is 0.334 e. The number of aromatic nitrogens is 3. The lowest BCUT2D eigenvalue weighted by atomic mass is 10.1. The van der Waals surface area contributed by atoms with Gasteiger partial charge >= 0.3 is 6.03 Å². The molecule has 0 radical (unpaired) electrons. The van der Waals surface area contributed by atoms with E-state index < -0.39 is 12.1 Å². The molecule has 0 bridgehead atoms. The van der Waals surface area contributed by atoms with E-state index in [0.29, 0.717) is 13.0 Å². The van der Waals surface area contributed by atoms with Gasteiger partial charge in [-0.15, -0.1) is 6.58 Å². The number of hydrogen-bond acceptors (Lipinski definition) is 4. The van der Waals surface area contributed by atoms with E-state index in [9.17, 15) is 9.59 Å². The number of carbonyl (C=O) groups is 2. The van der Waals surface area contributed by atoms with Gasteiger partial charge < -0.3 is 4.90 Å². The van der Waals surface area contributed by atoms with E-state index >= 15 is 0 Å². The Morgan fingerprint density at radius 1 is 1.26 bits per heavy atom. The lowest BCUT2D eigenvalue weighted by molar-refractivity contribution is -0.119. The van der Waals surface area contributed by atoms with Gasteiger partial charge in [-0.05, 0) is 5.56 Å². The number of benzene rings is 1. The molecule has 1 aromatic heterocycles. The summed E-state index contributed by atoms with van der Waals surface area (Å²) in [5, 5.41) is 3.93. The summed E-state index contributed by atoms with van der Waals surface area (Å²) >= 11 is 0. The van der Waals surface area contributed by atoms with Gasteiger partial charge in [0.15, 0.2) is 0 Å². The molecule has 0 saturated carbocycles. The lowest BCUT2D eigenvalue weighted by Gasteiger charge is -2.19. The molecular weight excluding hydrogens is 294 g/mol. The first-order valence-electron chi connectivity index (χ1n) is 7.27. The Morgan fingerprint density at radius 3 is 2.61 bits per heavy atom. The Labute approximate surface area is 133 Å². The summed E-state index contributed by atoms with van der Waals surface area (Å²) in [6.07, 6.45) is 3.38. The van der Waals surface area contributed by atoms with Crippen molar-refractivity contribution < 1.29 is 9.59 Å². The van der Waals surface area contributed by atoms with Crippen molar-refractivity contribution in [3.63, 3.8) is 0 Å². The van der Waals surface area contributed by atoms with E-state index in [1.165, 1.54) is 15.9 Å². The predicted molar refractivity (Wildman–Crippen MR) is 84.7 cm³/mol. The molecule has 1 unspecified atom stereocenters. The van der Waals surface area contributed by atoms with Crippen LogP contribution in [0.5, 0.6) is 0 Å². The SMILES string of the molecule is C=CCN1C(=O)N(c2ncnn2C)C(=O)C1Cc1ccccc1. The van der Waals surface area contributed by atoms with Crippen LogP contribution >= 0.6 is 0 Å². The highest BCUT2D eigenvalue weighted by molar-refractivity contribution is 6.20. The molecule has 0 aliphatic carbocycles. The highest BCUT2D eigenvalue weighted by Gasteiger charge is 2.46. The zero-order valence-electron chi connectivity index (χ0n) is 12.8. The number of anilines is 1. The number of urea groups is 1. The highest BCUT2D eigenvalue weighted by atomic mass is 16.2. The van der Waals surface area contributed by atoms with Crippen LogP contribution in [-0.2, 0) is 18.3 Å². The zero-order chi connectivity index (χ0) is 16.4. The minimum Gasteiger partial charge on any atom is -0.308 e. The summed E-state index contributed by atoms with van der Waals surface area (Å²) in [5.41, 5.74) is 0.993. The van der Waals surface area contributed by atoms with Gasteiger partial charge in [0.1, 0.15) is 12.4 Å². The predicted octanol–water partition coefficient (Wildman–Crippen LogP) is 1.38. The molecule has 7 nitrogen and oxygen atoms in total. The summed E-state index contributed by atoms with van der Waals surface area (Å²) < 4.78 is 1.41. The topological polar surface area (TPSA) is 71.3 Å². The van der Waals surface area contributed by atoms with Crippen LogP contribution in [0.3, 0.4) is 0 Å². The molecule has 2 aromatic rings. The second-order valence-corrected chi connectivity index (χ2v) is 5.29. The second kappa shape index (κ2) is 6.04. The molecule has 1 atom stereocenters. The van der Waals surface area contributed by atoms with Crippen molar-refractivity contribution in [2.45, 2.75) is 12.5 Å².